The van der Waals surface area contributed by atoms with Crippen molar-refractivity contribution in [2.24, 2.45) is 0 Å². The van der Waals surface area contributed by atoms with E-state index < -0.39 is 18.8 Å². The molecule has 1 saturated heterocycles. The minimum absolute atomic E-state index is 0.304. The van der Waals surface area contributed by atoms with E-state index >= 15 is 0 Å². The monoisotopic (exact) mass is 302 g/mol. The number of amides is 1. The van der Waals surface area contributed by atoms with Gasteiger partial charge in [-0.15, -0.1) is 0 Å². The molecule has 1 aliphatic heterocycles. The van der Waals surface area contributed by atoms with Gasteiger partial charge in [0.15, 0.2) is 0 Å². The van der Waals surface area contributed by atoms with Gasteiger partial charge in [0.2, 0.25) is 5.91 Å². The molecule has 5 nitrogen and oxygen atoms in total. The largest absolute Gasteiger partial charge is 0.401 e. The molecule has 2 heterocycles. The zero-order valence-corrected chi connectivity index (χ0v) is 11.4. The summed E-state index contributed by atoms with van der Waals surface area (Å²) >= 11 is 0. The van der Waals surface area contributed by atoms with E-state index in [9.17, 15) is 18.0 Å². The fourth-order valence-corrected chi connectivity index (χ4v) is 2.84. The number of alkyl halides is 3. The van der Waals surface area contributed by atoms with Gasteiger partial charge >= 0.3 is 6.18 Å². The van der Waals surface area contributed by atoms with E-state index in [1.807, 2.05) is 0 Å². The number of carbonyl (C=O) groups excluding carboxylic acids is 1. The van der Waals surface area contributed by atoms with Gasteiger partial charge in [-0.2, -0.15) is 18.3 Å². The maximum atomic E-state index is 12.5. The lowest BCUT2D eigenvalue weighted by Crippen LogP contribution is -2.44. The van der Waals surface area contributed by atoms with Crippen molar-refractivity contribution in [3.05, 3.63) is 11.9 Å². The van der Waals surface area contributed by atoms with Crippen molar-refractivity contribution >= 4 is 11.6 Å². The Hall–Kier alpha value is -1.57. The number of carbonyl (C=O) groups is 1. The van der Waals surface area contributed by atoms with Crippen LogP contribution in [0, 0.1) is 0 Å². The Morgan fingerprint density at radius 3 is 2.86 bits per heavy atom. The molecule has 0 spiro atoms. The molecule has 1 saturated carbocycles. The number of H-pyrrole nitrogens is 1. The van der Waals surface area contributed by atoms with Crippen molar-refractivity contribution in [1.29, 1.82) is 0 Å². The van der Waals surface area contributed by atoms with Crippen molar-refractivity contribution in [1.82, 2.24) is 15.1 Å². The van der Waals surface area contributed by atoms with Gasteiger partial charge in [-0.1, -0.05) is 0 Å². The van der Waals surface area contributed by atoms with Crippen molar-refractivity contribution in [2.45, 2.75) is 43.8 Å². The van der Waals surface area contributed by atoms with Gasteiger partial charge < -0.3 is 5.32 Å². The Balaban J connectivity index is 1.65. The van der Waals surface area contributed by atoms with Gasteiger partial charge in [0.1, 0.15) is 0 Å². The summed E-state index contributed by atoms with van der Waals surface area (Å²) in [5.41, 5.74) is 1.48. The zero-order chi connectivity index (χ0) is 15.0. The highest BCUT2D eigenvalue weighted by Gasteiger charge is 2.39. The molecule has 1 aliphatic carbocycles. The number of anilines is 1. The number of likely N-dealkylation sites (tertiary alicyclic amines) is 1. The third-order valence-corrected chi connectivity index (χ3v) is 3.96. The number of hydrogen-bond acceptors (Lipinski definition) is 3. The van der Waals surface area contributed by atoms with Crippen LogP contribution in [-0.2, 0) is 4.79 Å². The number of nitrogens with one attached hydrogen (secondary N) is 2. The SMILES string of the molecule is O=C(Nc1cn[nH]c1C1CC1)[C@@H]1CCCN1CC(F)(F)F. The quantitative estimate of drug-likeness (QED) is 0.897. The third-order valence-electron chi connectivity index (χ3n) is 3.96. The highest BCUT2D eigenvalue weighted by molar-refractivity contribution is 5.95. The average Bonchev–Trinajstić information content (AvgIpc) is 2.95. The maximum Gasteiger partial charge on any atom is 0.401 e. The van der Waals surface area contributed by atoms with E-state index in [0.717, 1.165) is 18.5 Å². The maximum absolute atomic E-state index is 12.5. The molecule has 0 unspecified atom stereocenters. The first-order valence-corrected chi connectivity index (χ1v) is 7.09. The van der Waals surface area contributed by atoms with Crippen molar-refractivity contribution in [3.63, 3.8) is 0 Å². The molecular formula is C13H17F3N4O. The Labute approximate surface area is 119 Å². The lowest BCUT2D eigenvalue weighted by molar-refractivity contribution is -0.150. The minimum Gasteiger partial charge on any atom is -0.322 e. The standard InChI is InChI=1S/C13H17F3N4O/c14-13(15,16)7-20-5-1-2-10(20)12(21)18-9-6-17-19-11(9)8-3-4-8/h6,8,10H,1-5,7H2,(H,17,19)(H,18,21)/t10-/m0/s1. The van der Waals surface area contributed by atoms with Gasteiger partial charge in [0.25, 0.3) is 0 Å². The van der Waals surface area contributed by atoms with Gasteiger partial charge in [0, 0.05) is 5.92 Å². The first kappa shape index (κ1) is 14.4. The normalized spacial score (nSPS) is 23.5. The number of aromatic nitrogens is 2. The number of nitrogens with zero attached hydrogens (tertiary/aromatic N) is 2. The molecule has 8 heteroatoms. The van der Waals surface area contributed by atoms with Crippen LogP contribution in [0.3, 0.4) is 0 Å². The molecule has 1 amide bonds. The lowest BCUT2D eigenvalue weighted by atomic mass is 10.2. The van der Waals surface area contributed by atoms with Crippen LogP contribution >= 0.6 is 0 Å². The fourth-order valence-electron chi connectivity index (χ4n) is 2.84. The summed E-state index contributed by atoms with van der Waals surface area (Å²) in [7, 11) is 0. The van der Waals surface area contributed by atoms with Crippen LogP contribution in [0.25, 0.3) is 0 Å². The Morgan fingerprint density at radius 2 is 2.19 bits per heavy atom. The number of aromatic amines is 1. The smallest absolute Gasteiger partial charge is 0.322 e. The second-order valence-corrected chi connectivity index (χ2v) is 5.70. The third kappa shape index (κ3) is 3.37. The predicted octanol–water partition coefficient (Wildman–Crippen LogP) is 2.25. The number of hydrogen-bond donors (Lipinski definition) is 2. The molecule has 1 atom stereocenters. The van der Waals surface area contributed by atoms with Crippen LogP contribution in [0.4, 0.5) is 18.9 Å². The van der Waals surface area contributed by atoms with Crippen molar-refractivity contribution in [2.75, 3.05) is 18.4 Å². The molecule has 1 aromatic heterocycles. The lowest BCUT2D eigenvalue weighted by Gasteiger charge is -2.24. The van der Waals surface area contributed by atoms with E-state index in [1.54, 1.807) is 0 Å². The Morgan fingerprint density at radius 1 is 1.43 bits per heavy atom. The van der Waals surface area contributed by atoms with Crippen LogP contribution in [0.15, 0.2) is 6.20 Å². The van der Waals surface area contributed by atoms with Crippen molar-refractivity contribution in [3.8, 4) is 0 Å². The molecule has 2 fully saturated rings. The van der Waals surface area contributed by atoms with Crippen LogP contribution in [0.5, 0.6) is 0 Å². The first-order chi connectivity index (χ1) is 9.94. The highest BCUT2D eigenvalue weighted by atomic mass is 19.4. The average molecular weight is 302 g/mol. The van der Waals surface area contributed by atoms with Crippen LogP contribution in [0.2, 0.25) is 0 Å². The van der Waals surface area contributed by atoms with E-state index in [-0.39, 0.29) is 5.91 Å². The minimum atomic E-state index is -4.28. The summed E-state index contributed by atoms with van der Waals surface area (Å²) in [4.78, 5) is 13.4. The molecule has 2 N–H and O–H groups in total. The number of rotatable bonds is 4. The molecule has 116 valence electrons. The van der Waals surface area contributed by atoms with E-state index in [0.29, 0.717) is 31.0 Å². The molecule has 2 aliphatic rings. The molecular weight excluding hydrogens is 285 g/mol. The summed E-state index contributed by atoms with van der Waals surface area (Å²) in [6.45, 7) is -0.732. The predicted molar refractivity (Wildman–Crippen MR) is 69.8 cm³/mol. The molecule has 3 rings (SSSR count). The Bertz CT molecular complexity index is 524. The van der Waals surface area contributed by atoms with E-state index in [1.165, 1.54) is 11.1 Å². The van der Waals surface area contributed by atoms with Crippen LogP contribution in [0.1, 0.15) is 37.3 Å². The van der Waals surface area contributed by atoms with Crippen LogP contribution < -0.4 is 5.32 Å². The topological polar surface area (TPSA) is 61.0 Å². The number of halogens is 3. The second-order valence-electron chi connectivity index (χ2n) is 5.70. The summed E-state index contributed by atoms with van der Waals surface area (Å²) in [5, 5.41) is 9.49. The van der Waals surface area contributed by atoms with Gasteiger partial charge in [0.05, 0.1) is 30.2 Å². The molecule has 0 bridgehead atoms. The first-order valence-electron chi connectivity index (χ1n) is 7.09. The molecule has 0 radical (unpaired) electrons. The van der Waals surface area contributed by atoms with E-state index in [2.05, 4.69) is 15.5 Å². The van der Waals surface area contributed by atoms with E-state index in [4.69, 9.17) is 0 Å². The highest BCUT2D eigenvalue weighted by Crippen LogP contribution is 2.42. The summed E-state index contributed by atoms with van der Waals surface area (Å²) in [6, 6.07) is -0.714. The fraction of sp³-hybridized carbons (Fsp3) is 0.692. The van der Waals surface area contributed by atoms with Gasteiger partial charge in [-0.25, -0.2) is 0 Å². The molecule has 1 aromatic rings. The summed E-state index contributed by atoms with van der Waals surface area (Å²) < 4.78 is 37.5. The van der Waals surface area contributed by atoms with Crippen LogP contribution in [-0.4, -0.2) is 46.3 Å². The zero-order valence-electron chi connectivity index (χ0n) is 11.4. The molecule has 0 aromatic carbocycles. The summed E-state index contributed by atoms with van der Waals surface area (Å²) in [5.74, 6) is 0.0118. The van der Waals surface area contributed by atoms with Gasteiger partial charge in [-0.05, 0) is 32.2 Å². The van der Waals surface area contributed by atoms with Gasteiger partial charge in [-0.3, -0.25) is 14.8 Å². The van der Waals surface area contributed by atoms with Crippen molar-refractivity contribution < 1.29 is 18.0 Å². The Kier molecular flexibility index (Phi) is 3.64. The summed E-state index contributed by atoms with van der Waals surface area (Å²) in [6.07, 6.45) is 0.406. The second kappa shape index (κ2) is 5.32. The molecule has 21 heavy (non-hydrogen) atoms.